The van der Waals surface area contributed by atoms with Gasteiger partial charge in [0.25, 0.3) is 5.91 Å². The van der Waals surface area contributed by atoms with E-state index in [1.54, 1.807) is 0 Å². The number of aromatic nitrogens is 3. The van der Waals surface area contributed by atoms with E-state index in [4.69, 9.17) is 4.84 Å². The van der Waals surface area contributed by atoms with Crippen molar-refractivity contribution in [3.05, 3.63) is 66.7 Å². The zero-order valence-electron chi connectivity index (χ0n) is 12.7. The van der Waals surface area contributed by atoms with Crippen molar-refractivity contribution in [3.63, 3.8) is 0 Å². The van der Waals surface area contributed by atoms with Crippen LogP contribution < -0.4 is 10.2 Å². The lowest BCUT2D eigenvalue weighted by Crippen LogP contribution is -2.26. The van der Waals surface area contributed by atoms with E-state index in [0.29, 0.717) is 5.52 Å². The summed E-state index contributed by atoms with van der Waals surface area (Å²) in [6, 6.07) is 21.1. The minimum atomic E-state index is -0.259. The monoisotopic (exact) mass is 318 g/mol. The molecule has 0 saturated carbocycles. The van der Waals surface area contributed by atoms with Crippen molar-refractivity contribution in [2.75, 3.05) is 11.9 Å². The Labute approximate surface area is 137 Å². The summed E-state index contributed by atoms with van der Waals surface area (Å²) in [7, 11) is 0. The molecule has 6 nitrogen and oxygen atoms in total. The van der Waals surface area contributed by atoms with Gasteiger partial charge in [0.2, 0.25) is 0 Å². The number of rotatable bonds is 4. The first-order valence-electron chi connectivity index (χ1n) is 7.52. The lowest BCUT2D eigenvalue weighted by atomic mass is 10.1. The van der Waals surface area contributed by atoms with Gasteiger partial charge in [0.15, 0.2) is 6.61 Å². The predicted octanol–water partition coefficient (Wildman–Crippen LogP) is 2.65. The molecule has 1 heterocycles. The second-order valence-corrected chi connectivity index (χ2v) is 5.33. The molecular formula is C18H14N4O2. The Balaban J connectivity index is 1.44. The SMILES string of the molecule is O=C(COn1nnc2ccccc21)Nc1ccc2ccccc2c1. The maximum atomic E-state index is 12.1. The van der Waals surface area contributed by atoms with E-state index in [9.17, 15) is 4.79 Å². The maximum Gasteiger partial charge on any atom is 0.265 e. The fourth-order valence-corrected chi connectivity index (χ4v) is 2.53. The molecule has 1 aromatic heterocycles. The zero-order chi connectivity index (χ0) is 16.4. The molecule has 0 aliphatic carbocycles. The van der Waals surface area contributed by atoms with E-state index in [1.165, 1.54) is 4.85 Å². The van der Waals surface area contributed by atoms with E-state index in [0.717, 1.165) is 22.0 Å². The number of fused-ring (bicyclic) bond motifs is 2. The molecule has 1 N–H and O–H groups in total. The Morgan fingerprint density at radius 2 is 1.79 bits per heavy atom. The summed E-state index contributed by atoms with van der Waals surface area (Å²) >= 11 is 0. The second-order valence-electron chi connectivity index (χ2n) is 5.33. The van der Waals surface area contributed by atoms with Gasteiger partial charge in [-0.1, -0.05) is 47.3 Å². The smallest absolute Gasteiger partial charge is 0.265 e. The number of benzene rings is 3. The van der Waals surface area contributed by atoms with Crippen molar-refractivity contribution in [2.24, 2.45) is 0 Å². The molecule has 0 saturated heterocycles. The van der Waals surface area contributed by atoms with Crippen LogP contribution in [0.15, 0.2) is 66.7 Å². The first-order valence-corrected chi connectivity index (χ1v) is 7.52. The molecule has 0 radical (unpaired) electrons. The predicted molar refractivity (Wildman–Crippen MR) is 91.6 cm³/mol. The van der Waals surface area contributed by atoms with Crippen LogP contribution in [0, 0.1) is 0 Å². The highest BCUT2D eigenvalue weighted by Gasteiger charge is 2.08. The average Bonchev–Trinajstić information content (AvgIpc) is 3.03. The number of anilines is 1. The normalized spacial score (nSPS) is 10.8. The molecule has 3 aromatic carbocycles. The van der Waals surface area contributed by atoms with Gasteiger partial charge in [-0.15, -0.1) is 5.10 Å². The minimum Gasteiger partial charge on any atom is -0.385 e. The van der Waals surface area contributed by atoms with E-state index < -0.39 is 0 Å². The van der Waals surface area contributed by atoms with Crippen molar-refractivity contribution in [1.29, 1.82) is 0 Å². The summed E-state index contributed by atoms with van der Waals surface area (Å²) in [4.78, 5) is 18.8. The fraction of sp³-hybridized carbons (Fsp3) is 0.0556. The quantitative estimate of drug-likeness (QED) is 0.628. The van der Waals surface area contributed by atoms with Gasteiger partial charge < -0.3 is 10.2 Å². The molecule has 6 heteroatoms. The van der Waals surface area contributed by atoms with Crippen molar-refractivity contribution in [3.8, 4) is 0 Å². The van der Waals surface area contributed by atoms with E-state index in [2.05, 4.69) is 15.6 Å². The van der Waals surface area contributed by atoms with Crippen molar-refractivity contribution in [2.45, 2.75) is 0 Å². The average molecular weight is 318 g/mol. The molecule has 0 atom stereocenters. The Morgan fingerprint density at radius 1 is 1.00 bits per heavy atom. The van der Waals surface area contributed by atoms with Gasteiger partial charge in [-0.05, 0) is 40.3 Å². The summed E-state index contributed by atoms with van der Waals surface area (Å²) in [6.07, 6.45) is 0. The fourth-order valence-electron chi connectivity index (χ4n) is 2.53. The van der Waals surface area contributed by atoms with Gasteiger partial charge in [-0.25, -0.2) is 0 Å². The van der Waals surface area contributed by atoms with Crippen LogP contribution in [-0.4, -0.2) is 27.7 Å². The van der Waals surface area contributed by atoms with Gasteiger partial charge >= 0.3 is 0 Å². The highest BCUT2D eigenvalue weighted by atomic mass is 16.7. The number of nitrogens with one attached hydrogen (secondary N) is 1. The highest BCUT2D eigenvalue weighted by Crippen LogP contribution is 2.18. The molecule has 0 spiro atoms. The van der Waals surface area contributed by atoms with Gasteiger partial charge in [-0.3, -0.25) is 4.79 Å². The van der Waals surface area contributed by atoms with Crippen LogP contribution in [0.5, 0.6) is 0 Å². The molecule has 4 rings (SSSR count). The number of carbonyl (C=O) groups is 1. The number of amides is 1. The third-order valence-corrected chi connectivity index (χ3v) is 3.67. The van der Waals surface area contributed by atoms with Crippen LogP contribution in [0.4, 0.5) is 5.69 Å². The molecule has 0 aliphatic heterocycles. The standard InChI is InChI=1S/C18H14N4O2/c23-18(12-24-22-17-8-4-3-7-16(17)20-21-22)19-15-10-9-13-5-1-2-6-14(13)11-15/h1-11H,12H2,(H,19,23). The van der Waals surface area contributed by atoms with Gasteiger partial charge in [0.05, 0.1) is 0 Å². The lowest BCUT2D eigenvalue weighted by molar-refractivity contribution is -0.121. The van der Waals surface area contributed by atoms with Crippen LogP contribution in [0.1, 0.15) is 0 Å². The van der Waals surface area contributed by atoms with E-state index >= 15 is 0 Å². The molecule has 24 heavy (non-hydrogen) atoms. The second kappa shape index (κ2) is 6.00. The molecule has 0 bridgehead atoms. The summed E-state index contributed by atoms with van der Waals surface area (Å²) in [5, 5.41) is 12.9. The molecular weight excluding hydrogens is 304 g/mol. The summed E-state index contributed by atoms with van der Waals surface area (Å²) < 4.78 is 0. The summed E-state index contributed by atoms with van der Waals surface area (Å²) in [6.45, 7) is -0.153. The van der Waals surface area contributed by atoms with Crippen LogP contribution in [0.2, 0.25) is 0 Å². The Morgan fingerprint density at radius 3 is 2.71 bits per heavy atom. The van der Waals surface area contributed by atoms with Crippen molar-refractivity contribution < 1.29 is 9.63 Å². The summed E-state index contributed by atoms with van der Waals surface area (Å²) in [5.74, 6) is -0.259. The number of hydrogen-bond donors (Lipinski definition) is 1. The highest BCUT2D eigenvalue weighted by molar-refractivity contribution is 5.95. The van der Waals surface area contributed by atoms with Crippen molar-refractivity contribution in [1.82, 2.24) is 15.2 Å². The Kier molecular flexibility index (Phi) is 3.55. The molecule has 0 aliphatic rings. The Bertz CT molecular complexity index is 1030. The topological polar surface area (TPSA) is 69.0 Å². The molecule has 118 valence electrons. The van der Waals surface area contributed by atoms with Gasteiger partial charge in [0.1, 0.15) is 11.0 Å². The first-order chi connectivity index (χ1) is 11.8. The maximum absolute atomic E-state index is 12.1. The zero-order valence-corrected chi connectivity index (χ0v) is 12.7. The number of carbonyl (C=O) groups excluding carboxylic acids is 1. The molecule has 0 fully saturated rings. The molecule has 0 unspecified atom stereocenters. The number of hydrogen-bond acceptors (Lipinski definition) is 4. The van der Waals surface area contributed by atoms with Gasteiger partial charge in [-0.2, -0.15) is 0 Å². The Hall–Kier alpha value is -3.41. The van der Waals surface area contributed by atoms with Crippen molar-refractivity contribution >= 4 is 33.4 Å². The van der Waals surface area contributed by atoms with Crippen LogP contribution in [0.3, 0.4) is 0 Å². The number of para-hydroxylation sites is 1. The third kappa shape index (κ3) is 2.77. The van der Waals surface area contributed by atoms with E-state index in [1.807, 2.05) is 66.7 Å². The molecule has 1 amide bonds. The van der Waals surface area contributed by atoms with Crippen LogP contribution >= 0.6 is 0 Å². The minimum absolute atomic E-state index is 0.153. The third-order valence-electron chi connectivity index (χ3n) is 3.67. The lowest BCUT2D eigenvalue weighted by Gasteiger charge is -2.08. The van der Waals surface area contributed by atoms with Gasteiger partial charge in [0, 0.05) is 5.69 Å². The largest absolute Gasteiger partial charge is 0.385 e. The first kappa shape index (κ1) is 14.2. The van der Waals surface area contributed by atoms with Crippen LogP contribution in [0.25, 0.3) is 21.8 Å². The number of nitrogens with zero attached hydrogens (tertiary/aromatic N) is 3. The molecule has 4 aromatic rings. The summed E-state index contributed by atoms with van der Waals surface area (Å²) in [5.41, 5.74) is 2.16. The van der Waals surface area contributed by atoms with E-state index in [-0.39, 0.29) is 12.5 Å². The van der Waals surface area contributed by atoms with Crippen LogP contribution in [-0.2, 0) is 4.79 Å².